The van der Waals surface area contributed by atoms with Gasteiger partial charge in [0, 0.05) is 53.4 Å². The van der Waals surface area contributed by atoms with E-state index in [4.69, 9.17) is 0 Å². The number of allylic oxidation sites excluding steroid dienone is 3. The molecule has 0 aromatic carbocycles. The SMILES string of the molecule is CC1=CC=C(N2CCCCC2)c2cc(-c3n[nH]c4cnc(-c5cncnc5)cc34)[nH]c2N1. The third-order valence-corrected chi connectivity index (χ3v) is 6.16. The third-order valence-electron chi connectivity index (χ3n) is 6.16. The zero-order chi connectivity index (χ0) is 21.5. The molecule has 2 aliphatic rings. The van der Waals surface area contributed by atoms with Gasteiger partial charge in [0.2, 0.25) is 0 Å². The number of fused-ring (bicyclic) bond motifs is 2. The normalized spacial score (nSPS) is 16.2. The van der Waals surface area contributed by atoms with Crippen molar-refractivity contribution in [3.63, 3.8) is 0 Å². The van der Waals surface area contributed by atoms with E-state index >= 15 is 0 Å². The van der Waals surface area contributed by atoms with Crippen LogP contribution in [0.4, 0.5) is 5.82 Å². The Kier molecular flexibility index (Phi) is 4.49. The number of pyridine rings is 1. The van der Waals surface area contributed by atoms with Crippen molar-refractivity contribution < 1.29 is 0 Å². The zero-order valence-corrected chi connectivity index (χ0v) is 17.9. The number of aromatic nitrogens is 6. The van der Waals surface area contributed by atoms with Gasteiger partial charge in [-0.3, -0.25) is 10.1 Å². The Morgan fingerprint density at radius 1 is 0.969 bits per heavy atom. The smallest absolute Gasteiger partial charge is 0.117 e. The molecule has 0 radical (unpaired) electrons. The summed E-state index contributed by atoms with van der Waals surface area (Å²) in [5.41, 5.74) is 7.96. The topological polar surface area (TPSA) is 98.4 Å². The highest BCUT2D eigenvalue weighted by Gasteiger charge is 2.23. The minimum atomic E-state index is 0.819. The lowest BCUT2D eigenvalue weighted by atomic mass is 10.1. The lowest BCUT2D eigenvalue weighted by molar-refractivity contribution is 0.326. The van der Waals surface area contributed by atoms with Gasteiger partial charge in [-0.05, 0) is 50.5 Å². The molecule has 0 spiro atoms. The largest absolute Gasteiger partial charge is 0.371 e. The number of likely N-dealkylation sites (tertiary alicyclic amines) is 1. The summed E-state index contributed by atoms with van der Waals surface area (Å²) in [4.78, 5) is 18.9. The van der Waals surface area contributed by atoms with Gasteiger partial charge < -0.3 is 15.2 Å². The first-order chi connectivity index (χ1) is 15.8. The Bertz CT molecular complexity index is 1340. The first kappa shape index (κ1) is 18.8. The van der Waals surface area contributed by atoms with Crippen molar-refractivity contribution in [3.05, 3.63) is 60.5 Å². The third kappa shape index (κ3) is 3.24. The summed E-state index contributed by atoms with van der Waals surface area (Å²) in [6.45, 7) is 4.28. The average Bonchev–Trinajstić information content (AvgIpc) is 3.40. The fourth-order valence-corrected chi connectivity index (χ4v) is 4.54. The van der Waals surface area contributed by atoms with Crippen molar-refractivity contribution in [1.29, 1.82) is 0 Å². The van der Waals surface area contributed by atoms with Crippen molar-refractivity contribution in [1.82, 2.24) is 35.0 Å². The van der Waals surface area contributed by atoms with Crippen LogP contribution in [-0.4, -0.2) is 48.1 Å². The minimum absolute atomic E-state index is 0.819. The van der Waals surface area contributed by atoms with Crippen molar-refractivity contribution in [2.75, 3.05) is 18.4 Å². The number of aromatic amines is 2. The van der Waals surface area contributed by atoms with Crippen molar-refractivity contribution >= 4 is 22.4 Å². The molecule has 0 aliphatic carbocycles. The van der Waals surface area contributed by atoms with Gasteiger partial charge in [-0.1, -0.05) is 0 Å². The van der Waals surface area contributed by atoms with E-state index in [-0.39, 0.29) is 0 Å². The van der Waals surface area contributed by atoms with Gasteiger partial charge in [0.25, 0.3) is 0 Å². The molecular formula is C24H24N8. The first-order valence-corrected chi connectivity index (χ1v) is 11.0. The van der Waals surface area contributed by atoms with Gasteiger partial charge in [0.15, 0.2) is 0 Å². The lowest BCUT2D eigenvalue weighted by Crippen LogP contribution is -2.28. The summed E-state index contributed by atoms with van der Waals surface area (Å²) in [5.74, 6) is 1.00. The van der Waals surface area contributed by atoms with Crippen molar-refractivity contribution in [2.45, 2.75) is 26.2 Å². The molecule has 0 amide bonds. The number of nitrogens with one attached hydrogen (secondary N) is 3. The van der Waals surface area contributed by atoms with Crippen LogP contribution in [0.2, 0.25) is 0 Å². The molecule has 4 aromatic heterocycles. The Morgan fingerprint density at radius 3 is 2.66 bits per heavy atom. The van der Waals surface area contributed by atoms with E-state index in [2.05, 4.69) is 65.5 Å². The molecule has 1 saturated heterocycles. The van der Waals surface area contributed by atoms with E-state index in [1.54, 1.807) is 12.4 Å². The predicted molar refractivity (Wildman–Crippen MR) is 125 cm³/mol. The molecule has 1 fully saturated rings. The van der Waals surface area contributed by atoms with Gasteiger partial charge in [-0.25, -0.2) is 9.97 Å². The quantitative estimate of drug-likeness (QED) is 0.446. The molecule has 8 nitrogen and oxygen atoms in total. The van der Waals surface area contributed by atoms with E-state index in [9.17, 15) is 0 Å². The van der Waals surface area contributed by atoms with Crippen LogP contribution in [0.15, 0.2) is 54.9 Å². The number of hydrogen-bond acceptors (Lipinski definition) is 6. The van der Waals surface area contributed by atoms with Gasteiger partial charge in [-0.15, -0.1) is 0 Å². The summed E-state index contributed by atoms with van der Waals surface area (Å²) in [7, 11) is 0. The number of rotatable bonds is 3. The zero-order valence-electron chi connectivity index (χ0n) is 17.9. The summed E-state index contributed by atoms with van der Waals surface area (Å²) in [6.07, 6.45) is 15.0. The highest BCUT2D eigenvalue weighted by atomic mass is 15.2. The Labute approximate surface area is 185 Å². The summed E-state index contributed by atoms with van der Waals surface area (Å²) in [5, 5.41) is 12.3. The van der Waals surface area contributed by atoms with E-state index < -0.39 is 0 Å². The van der Waals surface area contributed by atoms with Gasteiger partial charge in [-0.2, -0.15) is 5.10 Å². The Balaban J connectivity index is 1.44. The second-order valence-electron chi connectivity index (χ2n) is 8.36. The predicted octanol–water partition coefficient (Wildman–Crippen LogP) is 4.57. The molecule has 6 heterocycles. The second kappa shape index (κ2) is 7.64. The van der Waals surface area contributed by atoms with E-state index in [1.165, 1.54) is 36.9 Å². The van der Waals surface area contributed by atoms with Crippen LogP contribution in [-0.2, 0) is 0 Å². The average molecular weight is 425 g/mol. The maximum absolute atomic E-state index is 4.62. The summed E-state index contributed by atoms with van der Waals surface area (Å²) in [6, 6.07) is 4.25. The van der Waals surface area contributed by atoms with Gasteiger partial charge in [0.05, 0.1) is 23.1 Å². The van der Waals surface area contributed by atoms with Crippen LogP contribution in [0.5, 0.6) is 0 Å². The van der Waals surface area contributed by atoms with E-state index in [1.807, 2.05) is 12.3 Å². The molecule has 32 heavy (non-hydrogen) atoms. The molecule has 6 rings (SSSR count). The number of piperidine rings is 1. The van der Waals surface area contributed by atoms with Crippen molar-refractivity contribution in [2.24, 2.45) is 0 Å². The molecule has 0 atom stereocenters. The second-order valence-corrected chi connectivity index (χ2v) is 8.36. The van der Waals surface area contributed by atoms with Crippen LogP contribution in [0.1, 0.15) is 31.7 Å². The van der Waals surface area contributed by atoms with Gasteiger partial charge in [0.1, 0.15) is 17.8 Å². The Hall–Kier alpha value is -3.94. The number of anilines is 1. The monoisotopic (exact) mass is 424 g/mol. The summed E-state index contributed by atoms with van der Waals surface area (Å²) >= 11 is 0. The Morgan fingerprint density at radius 2 is 1.81 bits per heavy atom. The minimum Gasteiger partial charge on any atom is -0.371 e. The molecule has 8 heteroatoms. The van der Waals surface area contributed by atoms with Gasteiger partial charge >= 0.3 is 0 Å². The molecule has 3 N–H and O–H groups in total. The van der Waals surface area contributed by atoms with E-state index in [0.29, 0.717) is 0 Å². The van der Waals surface area contributed by atoms with Crippen LogP contribution in [0.25, 0.3) is 39.2 Å². The fourth-order valence-electron chi connectivity index (χ4n) is 4.54. The number of hydrogen-bond donors (Lipinski definition) is 3. The molecule has 0 bridgehead atoms. The molecule has 160 valence electrons. The first-order valence-electron chi connectivity index (χ1n) is 11.0. The fraction of sp³-hybridized carbons (Fsp3) is 0.250. The molecule has 4 aromatic rings. The lowest BCUT2D eigenvalue weighted by Gasteiger charge is -2.30. The van der Waals surface area contributed by atoms with Crippen molar-refractivity contribution in [3.8, 4) is 22.6 Å². The van der Waals surface area contributed by atoms with Crippen LogP contribution >= 0.6 is 0 Å². The summed E-state index contributed by atoms with van der Waals surface area (Å²) < 4.78 is 0. The standard InChI is InChI=1S/C24H24N8/c1-15-5-6-22(32-7-3-2-4-8-32)18-10-20(29-24(18)28-15)23-17-9-19(16-11-25-14-26-12-16)27-13-21(17)30-31-23/h5-6,9-14,28-29H,2-4,7-8H2,1H3,(H,30,31). The van der Waals surface area contributed by atoms with E-state index in [0.717, 1.165) is 58.2 Å². The maximum atomic E-state index is 4.62. The highest BCUT2D eigenvalue weighted by Crippen LogP contribution is 2.37. The number of H-pyrrole nitrogens is 2. The number of nitrogens with zero attached hydrogens (tertiary/aromatic N) is 5. The molecular weight excluding hydrogens is 400 g/mol. The maximum Gasteiger partial charge on any atom is 0.117 e. The molecule has 0 unspecified atom stereocenters. The highest BCUT2D eigenvalue weighted by molar-refractivity contribution is 5.95. The van der Waals surface area contributed by atoms with Crippen LogP contribution in [0, 0.1) is 0 Å². The molecule has 0 saturated carbocycles. The van der Waals surface area contributed by atoms with Crippen LogP contribution < -0.4 is 5.32 Å². The molecule has 2 aliphatic heterocycles. The van der Waals surface area contributed by atoms with Crippen LogP contribution in [0.3, 0.4) is 0 Å².